The molecule has 22 heavy (non-hydrogen) atoms. The number of hydrogen-bond acceptors (Lipinski definition) is 6. The van der Waals surface area contributed by atoms with Gasteiger partial charge in [-0.1, -0.05) is 24.0 Å². The van der Waals surface area contributed by atoms with Gasteiger partial charge < -0.3 is 19.7 Å². The number of likely N-dealkylation sites (N-methyl/N-ethyl adjacent to an activating group) is 1. The van der Waals surface area contributed by atoms with Gasteiger partial charge in [0.25, 0.3) is 0 Å². The van der Waals surface area contributed by atoms with Crippen molar-refractivity contribution in [2.24, 2.45) is 0 Å². The van der Waals surface area contributed by atoms with Crippen molar-refractivity contribution in [3.8, 4) is 0 Å². The van der Waals surface area contributed by atoms with Crippen molar-refractivity contribution in [1.29, 1.82) is 0 Å². The fourth-order valence-electron chi connectivity index (χ4n) is 1.43. The molecule has 0 heterocycles. The van der Waals surface area contributed by atoms with Gasteiger partial charge in [0.1, 0.15) is 4.32 Å². The zero-order valence-electron chi connectivity index (χ0n) is 14.0. The minimum Gasteiger partial charge on any atom is -0.378 e. The Labute approximate surface area is 147 Å². The van der Waals surface area contributed by atoms with Crippen molar-refractivity contribution in [3.05, 3.63) is 0 Å². The molecular weight excluding hydrogens is 340 g/mol. The van der Waals surface area contributed by atoms with Crippen LogP contribution >= 0.6 is 24.0 Å². The Hall–Kier alpha value is 0.270. The first-order chi connectivity index (χ1) is 10.5. The van der Waals surface area contributed by atoms with Crippen molar-refractivity contribution >= 4 is 39.1 Å². The monoisotopic (exact) mass is 370 g/mol. The average Bonchev–Trinajstić information content (AvgIpc) is 2.44. The molecule has 0 aliphatic rings. The Bertz CT molecular complexity index is 305. The van der Waals surface area contributed by atoms with Gasteiger partial charge in [-0.05, 0) is 26.9 Å². The molecule has 1 N–H and O–H groups in total. The Balaban J connectivity index is 3.20. The van der Waals surface area contributed by atoms with E-state index in [1.807, 2.05) is 14.1 Å². The number of thioether (sulfide) groups is 1. The lowest BCUT2D eigenvalue weighted by Gasteiger charge is -2.10. The molecule has 0 bridgehead atoms. The predicted molar refractivity (Wildman–Crippen MR) is 101 cm³/mol. The molecule has 8 heteroatoms. The van der Waals surface area contributed by atoms with Crippen LogP contribution < -0.4 is 5.32 Å². The average molecular weight is 371 g/mol. The second-order valence-electron chi connectivity index (χ2n) is 5.08. The molecule has 0 aliphatic heterocycles. The maximum absolute atomic E-state index is 10.9. The number of ether oxygens (including phenoxy) is 2. The smallest absolute Gasteiger partial charge is 0.133 e. The molecule has 1 unspecified atom stereocenters. The Morgan fingerprint density at radius 2 is 1.86 bits per heavy atom. The number of unbranched alkanes of at least 4 members (excludes halogenated alkanes) is 1. The zero-order chi connectivity index (χ0) is 16.6. The third kappa shape index (κ3) is 18.3. The van der Waals surface area contributed by atoms with Gasteiger partial charge in [-0.25, -0.2) is 0 Å². The molecule has 0 aromatic carbocycles. The van der Waals surface area contributed by atoms with Crippen molar-refractivity contribution < 1.29 is 13.7 Å². The van der Waals surface area contributed by atoms with Gasteiger partial charge in [0, 0.05) is 41.7 Å². The Morgan fingerprint density at radius 3 is 2.50 bits per heavy atom. The molecule has 0 aliphatic carbocycles. The quantitative estimate of drug-likeness (QED) is 0.366. The maximum atomic E-state index is 10.9. The van der Waals surface area contributed by atoms with E-state index in [1.54, 1.807) is 18.0 Å². The highest BCUT2D eigenvalue weighted by molar-refractivity contribution is 8.22. The van der Waals surface area contributed by atoms with E-state index in [-0.39, 0.29) is 0 Å². The van der Waals surface area contributed by atoms with E-state index in [9.17, 15) is 4.21 Å². The lowest BCUT2D eigenvalue weighted by Crippen LogP contribution is -2.21. The standard InChI is InChI=1S/C14H30N2O3S3/c1-16(2)7-8-18-9-10-19-11-12-21-14(20)15-6-4-5-13-22(3)17/h4-13H2,1-3H3,(H,15,20). The molecule has 0 rings (SSSR count). The van der Waals surface area contributed by atoms with Crippen LogP contribution in [0.3, 0.4) is 0 Å². The van der Waals surface area contributed by atoms with Crippen LogP contribution in [-0.2, 0) is 20.3 Å². The fourth-order valence-corrected chi connectivity index (χ4v) is 2.99. The fraction of sp³-hybridized carbons (Fsp3) is 0.929. The lowest BCUT2D eigenvalue weighted by molar-refractivity contribution is 0.0483. The summed E-state index contributed by atoms with van der Waals surface area (Å²) in [6.07, 6.45) is 3.71. The van der Waals surface area contributed by atoms with E-state index in [2.05, 4.69) is 10.2 Å². The van der Waals surface area contributed by atoms with Gasteiger partial charge >= 0.3 is 0 Å². The zero-order valence-corrected chi connectivity index (χ0v) is 16.4. The van der Waals surface area contributed by atoms with Gasteiger partial charge in [0.2, 0.25) is 0 Å². The predicted octanol–water partition coefficient (Wildman–Crippen LogP) is 1.35. The van der Waals surface area contributed by atoms with Gasteiger partial charge in [-0.15, -0.1) is 0 Å². The minimum atomic E-state index is -0.688. The van der Waals surface area contributed by atoms with Gasteiger partial charge in [-0.3, -0.25) is 4.21 Å². The highest BCUT2D eigenvalue weighted by Gasteiger charge is 1.98. The summed E-state index contributed by atoms with van der Waals surface area (Å²) >= 11 is 6.82. The Kier molecular flexibility index (Phi) is 16.3. The summed E-state index contributed by atoms with van der Waals surface area (Å²) in [4.78, 5) is 2.09. The lowest BCUT2D eigenvalue weighted by atomic mass is 10.3. The van der Waals surface area contributed by atoms with Crippen molar-refractivity contribution in [3.63, 3.8) is 0 Å². The van der Waals surface area contributed by atoms with E-state index >= 15 is 0 Å². The normalized spacial score (nSPS) is 12.5. The second kappa shape index (κ2) is 16.1. The molecule has 0 aromatic rings. The number of thiocarbonyl (C=S) groups is 1. The first-order valence-electron chi connectivity index (χ1n) is 7.53. The van der Waals surface area contributed by atoms with Crippen LogP contribution in [0.1, 0.15) is 12.8 Å². The molecule has 0 saturated heterocycles. The summed E-state index contributed by atoms with van der Waals surface area (Å²) in [5, 5.41) is 3.20. The third-order valence-corrected chi connectivity index (χ3v) is 4.78. The first-order valence-corrected chi connectivity index (χ1v) is 10.7. The molecule has 0 fully saturated rings. The molecule has 132 valence electrons. The SMILES string of the molecule is CN(C)CCOCCOCCSC(=S)NCCCCS(C)=O. The Morgan fingerprint density at radius 1 is 1.18 bits per heavy atom. The van der Waals surface area contributed by atoms with Crippen molar-refractivity contribution in [1.82, 2.24) is 10.2 Å². The first kappa shape index (κ1) is 22.3. The summed E-state index contributed by atoms with van der Waals surface area (Å²) in [5.41, 5.74) is 0. The van der Waals surface area contributed by atoms with Crippen LogP contribution in [-0.4, -0.2) is 84.8 Å². The van der Waals surface area contributed by atoms with Crippen LogP contribution in [0.2, 0.25) is 0 Å². The molecular formula is C14H30N2O3S3. The van der Waals surface area contributed by atoms with Crippen molar-refractivity contribution in [2.75, 3.05) is 71.4 Å². The van der Waals surface area contributed by atoms with E-state index in [0.717, 1.165) is 48.4 Å². The van der Waals surface area contributed by atoms with E-state index in [1.165, 1.54) is 0 Å². The largest absolute Gasteiger partial charge is 0.378 e. The van der Waals surface area contributed by atoms with Crippen molar-refractivity contribution in [2.45, 2.75) is 12.8 Å². The summed E-state index contributed by atoms with van der Waals surface area (Å²) < 4.78 is 22.6. The summed E-state index contributed by atoms with van der Waals surface area (Å²) in [6.45, 7) is 4.47. The van der Waals surface area contributed by atoms with Crippen LogP contribution in [0.15, 0.2) is 0 Å². The summed E-state index contributed by atoms with van der Waals surface area (Å²) in [5.74, 6) is 1.62. The highest BCUT2D eigenvalue weighted by Crippen LogP contribution is 2.02. The summed E-state index contributed by atoms with van der Waals surface area (Å²) in [7, 11) is 3.37. The van der Waals surface area contributed by atoms with Gasteiger partial charge in [0.15, 0.2) is 0 Å². The van der Waals surface area contributed by atoms with E-state index < -0.39 is 10.8 Å². The van der Waals surface area contributed by atoms with Crippen LogP contribution in [0.4, 0.5) is 0 Å². The minimum absolute atomic E-state index is 0.627. The van der Waals surface area contributed by atoms with E-state index in [0.29, 0.717) is 19.8 Å². The third-order valence-electron chi connectivity index (χ3n) is 2.64. The van der Waals surface area contributed by atoms with Crippen LogP contribution in [0, 0.1) is 0 Å². The highest BCUT2D eigenvalue weighted by atomic mass is 32.2. The number of nitrogens with one attached hydrogen (secondary N) is 1. The molecule has 0 spiro atoms. The molecule has 0 amide bonds. The van der Waals surface area contributed by atoms with E-state index in [4.69, 9.17) is 21.7 Å². The maximum Gasteiger partial charge on any atom is 0.133 e. The van der Waals surface area contributed by atoms with Crippen LogP contribution in [0.25, 0.3) is 0 Å². The number of hydrogen-bond donors (Lipinski definition) is 1. The molecule has 5 nitrogen and oxygen atoms in total. The van der Waals surface area contributed by atoms with Gasteiger partial charge in [0.05, 0.1) is 26.4 Å². The molecule has 0 saturated carbocycles. The number of nitrogens with zero attached hydrogens (tertiary/aromatic N) is 1. The summed E-state index contributed by atoms with van der Waals surface area (Å²) in [6, 6.07) is 0. The number of rotatable bonds is 14. The topological polar surface area (TPSA) is 50.8 Å². The van der Waals surface area contributed by atoms with Crippen LogP contribution in [0.5, 0.6) is 0 Å². The van der Waals surface area contributed by atoms with Gasteiger partial charge in [-0.2, -0.15) is 0 Å². The molecule has 0 aromatic heterocycles. The molecule has 0 radical (unpaired) electrons. The molecule has 1 atom stereocenters. The second-order valence-corrected chi connectivity index (χ2v) is 8.40.